The summed E-state index contributed by atoms with van der Waals surface area (Å²) in [5.41, 5.74) is 1.84. The van der Waals surface area contributed by atoms with Crippen LogP contribution in [-0.4, -0.2) is 60.0 Å². The molecule has 0 aliphatic carbocycles. The SMILES string of the molecule is CCN(CC)C(=O)c1ccc2c(c1)N(CC(=O)O)C(=O)[C@H]1CCCCN21. The Morgan fingerprint density at radius 1 is 1.19 bits per heavy atom. The molecule has 1 N–H and O–H groups in total. The molecule has 0 bridgehead atoms. The van der Waals surface area contributed by atoms with Gasteiger partial charge in [-0.05, 0) is 51.3 Å². The summed E-state index contributed by atoms with van der Waals surface area (Å²) in [5, 5.41) is 9.27. The molecule has 1 aromatic carbocycles. The van der Waals surface area contributed by atoms with Crippen LogP contribution in [0.15, 0.2) is 18.2 Å². The van der Waals surface area contributed by atoms with Gasteiger partial charge in [0.05, 0.1) is 11.4 Å². The normalized spacial score (nSPS) is 19.0. The zero-order chi connectivity index (χ0) is 18.8. The van der Waals surface area contributed by atoms with E-state index in [0.29, 0.717) is 24.3 Å². The maximum absolute atomic E-state index is 12.9. The van der Waals surface area contributed by atoms with Gasteiger partial charge in [-0.1, -0.05) is 0 Å². The number of aliphatic carboxylic acids is 1. The second kappa shape index (κ2) is 7.35. The molecule has 7 nitrogen and oxygen atoms in total. The Morgan fingerprint density at radius 3 is 2.58 bits per heavy atom. The molecule has 1 atom stereocenters. The van der Waals surface area contributed by atoms with E-state index in [-0.39, 0.29) is 24.4 Å². The van der Waals surface area contributed by atoms with Crippen molar-refractivity contribution >= 4 is 29.2 Å². The van der Waals surface area contributed by atoms with E-state index in [1.165, 1.54) is 4.90 Å². The molecule has 7 heteroatoms. The zero-order valence-electron chi connectivity index (χ0n) is 15.3. The van der Waals surface area contributed by atoms with Crippen molar-refractivity contribution in [2.75, 3.05) is 36.0 Å². The van der Waals surface area contributed by atoms with Gasteiger partial charge in [-0.25, -0.2) is 0 Å². The van der Waals surface area contributed by atoms with Crippen LogP contribution in [0.5, 0.6) is 0 Å². The monoisotopic (exact) mass is 359 g/mol. The molecule has 2 aliphatic heterocycles. The number of anilines is 2. The number of benzene rings is 1. The summed E-state index contributed by atoms with van der Waals surface area (Å²) < 4.78 is 0. The Kier molecular flexibility index (Phi) is 5.15. The first-order valence-electron chi connectivity index (χ1n) is 9.21. The largest absolute Gasteiger partial charge is 0.480 e. The second-order valence-corrected chi connectivity index (χ2v) is 6.70. The van der Waals surface area contributed by atoms with Crippen LogP contribution < -0.4 is 9.80 Å². The molecule has 1 saturated heterocycles. The number of amides is 2. The molecular weight excluding hydrogens is 334 g/mol. The number of carboxylic acid groups (broad SMARTS) is 1. The third kappa shape index (κ3) is 3.13. The van der Waals surface area contributed by atoms with E-state index < -0.39 is 5.97 Å². The van der Waals surface area contributed by atoms with Crippen molar-refractivity contribution in [1.82, 2.24) is 4.90 Å². The lowest BCUT2D eigenvalue weighted by molar-refractivity contribution is -0.137. The first-order chi connectivity index (χ1) is 12.5. The van der Waals surface area contributed by atoms with Crippen molar-refractivity contribution in [2.24, 2.45) is 0 Å². The van der Waals surface area contributed by atoms with Gasteiger partial charge in [0, 0.05) is 25.2 Å². The number of carbonyl (C=O) groups excluding carboxylic acids is 2. The quantitative estimate of drug-likeness (QED) is 0.869. The number of rotatable bonds is 5. The van der Waals surface area contributed by atoms with Gasteiger partial charge in [0.2, 0.25) is 5.91 Å². The first kappa shape index (κ1) is 18.2. The lowest BCUT2D eigenvalue weighted by Gasteiger charge is -2.45. The van der Waals surface area contributed by atoms with Crippen LogP contribution in [0, 0.1) is 0 Å². The highest BCUT2D eigenvalue weighted by atomic mass is 16.4. The molecule has 0 aromatic heterocycles. The van der Waals surface area contributed by atoms with Gasteiger partial charge in [-0.15, -0.1) is 0 Å². The molecule has 26 heavy (non-hydrogen) atoms. The van der Waals surface area contributed by atoms with Crippen LogP contribution in [0.4, 0.5) is 11.4 Å². The number of fused-ring (bicyclic) bond motifs is 3. The second-order valence-electron chi connectivity index (χ2n) is 6.70. The smallest absolute Gasteiger partial charge is 0.323 e. The molecule has 2 heterocycles. The third-order valence-corrected chi connectivity index (χ3v) is 5.22. The van der Waals surface area contributed by atoms with Gasteiger partial charge in [0.1, 0.15) is 12.6 Å². The van der Waals surface area contributed by atoms with Gasteiger partial charge in [-0.3, -0.25) is 19.3 Å². The Labute approximate surface area is 153 Å². The van der Waals surface area contributed by atoms with E-state index in [1.807, 2.05) is 19.9 Å². The van der Waals surface area contributed by atoms with Gasteiger partial charge in [0.25, 0.3) is 5.91 Å². The number of hydrogen-bond acceptors (Lipinski definition) is 4. The molecule has 2 aliphatic rings. The molecule has 0 unspecified atom stereocenters. The molecule has 3 rings (SSSR count). The lowest BCUT2D eigenvalue weighted by Crippen LogP contribution is -2.56. The number of nitrogens with zero attached hydrogens (tertiary/aromatic N) is 3. The topological polar surface area (TPSA) is 81.2 Å². The molecule has 140 valence electrons. The maximum atomic E-state index is 12.9. The Morgan fingerprint density at radius 2 is 1.92 bits per heavy atom. The van der Waals surface area contributed by atoms with Crippen LogP contribution in [-0.2, 0) is 9.59 Å². The van der Waals surface area contributed by atoms with E-state index >= 15 is 0 Å². The van der Waals surface area contributed by atoms with Crippen molar-refractivity contribution in [3.63, 3.8) is 0 Å². The third-order valence-electron chi connectivity index (χ3n) is 5.22. The van der Waals surface area contributed by atoms with Gasteiger partial charge < -0.3 is 14.9 Å². The average molecular weight is 359 g/mol. The fraction of sp³-hybridized carbons (Fsp3) is 0.526. The van der Waals surface area contributed by atoms with E-state index in [2.05, 4.69) is 4.90 Å². The summed E-state index contributed by atoms with van der Waals surface area (Å²) in [5.74, 6) is -1.36. The highest BCUT2D eigenvalue weighted by Crippen LogP contribution is 2.40. The molecular formula is C19H25N3O4. The van der Waals surface area contributed by atoms with Crippen molar-refractivity contribution in [2.45, 2.75) is 39.2 Å². The minimum Gasteiger partial charge on any atom is -0.480 e. The molecule has 0 saturated carbocycles. The van der Waals surface area contributed by atoms with Crippen molar-refractivity contribution in [1.29, 1.82) is 0 Å². The fourth-order valence-corrected chi connectivity index (χ4v) is 3.88. The van der Waals surface area contributed by atoms with E-state index in [9.17, 15) is 19.5 Å². The van der Waals surface area contributed by atoms with Crippen LogP contribution in [0.3, 0.4) is 0 Å². The summed E-state index contributed by atoms with van der Waals surface area (Å²) in [7, 11) is 0. The van der Waals surface area contributed by atoms with Gasteiger partial charge in [0.15, 0.2) is 0 Å². The predicted octanol–water partition coefficient (Wildman–Crippen LogP) is 1.96. The van der Waals surface area contributed by atoms with Crippen molar-refractivity contribution < 1.29 is 19.5 Å². The van der Waals surface area contributed by atoms with Crippen LogP contribution in [0.2, 0.25) is 0 Å². The number of carbonyl (C=O) groups is 3. The number of piperidine rings is 1. The highest BCUT2D eigenvalue weighted by Gasteiger charge is 2.40. The molecule has 0 spiro atoms. The van der Waals surface area contributed by atoms with E-state index in [1.54, 1.807) is 17.0 Å². The minimum atomic E-state index is -1.06. The van der Waals surface area contributed by atoms with Crippen molar-refractivity contribution in [3.05, 3.63) is 23.8 Å². The fourth-order valence-electron chi connectivity index (χ4n) is 3.88. The number of carboxylic acids is 1. The van der Waals surface area contributed by atoms with Crippen LogP contribution in [0.25, 0.3) is 0 Å². The van der Waals surface area contributed by atoms with Crippen molar-refractivity contribution in [3.8, 4) is 0 Å². The lowest BCUT2D eigenvalue weighted by atomic mass is 9.95. The zero-order valence-corrected chi connectivity index (χ0v) is 15.3. The predicted molar refractivity (Wildman–Crippen MR) is 98.7 cm³/mol. The molecule has 1 fully saturated rings. The molecule has 0 radical (unpaired) electrons. The Hall–Kier alpha value is -2.57. The van der Waals surface area contributed by atoms with Crippen LogP contribution >= 0.6 is 0 Å². The average Bonchev–Trinajstić information content (AvgIpc) is 2.65. The maximum Gasteiger partial charge on any atom is 0.323 e. The van der Waals surface area contributed by atoms with Crippen LogP contribution in [0.1, 0.15) is 43.5 Å². The summed E-state index contributed by atoms with van der Waals surface area (Å²) in [6.45, 7) is 5.40. The highest BCUT2D eigenvalue weighted by molar-refractivity contribution is 6.09. The first-order valence-corrected chi connectivity index (χ1v) is 9.21. The summed E-state index contributed by atoms with van der Waals surface area (Å²) >= 11 is 0. The molecule has 2 amide bonds. The summed E-state index contributed by atoms with van der Waals surface area (Å²) in [4.78, 5) is 42.0. The van der Waals surface area contributed by atoms with E-state index in [0.717, 1.165) is 31.5 Å². The Balaban J connectivity index is 2.05. The van der Waals surface area contributed by atoms with Gasteiger partial charge in [-0.2, -0.15) is 0 Å². The molecule has 1 aromatic rings. The standard InChI is InChI=1S/C19H25N3O4/c1-3-20(4-2)18(25)13-8-9-14-16(11-13)22(12-17(23)24)19(26)15-7-5-6-10-21(14)15/h8-9,11,15H,3-7,10,12H2,1-2H3,(H,23,24)/t15-/m1/s1. The Bertz CT molecular complexity index is 729. The van der Waals surface area contributed by atoms with E-state index in [4.69, 9.17) is 0 Å². The van der Waals surface area contributed by atoms with Gasteiger partial charge >= 0.3 is 5.97 Å². The minimum absolute atomic E-state index is 0.110. The summed E-state index contributed by atoms with van der Waals surface area (Å²) in [6, 6.07) is 4.99. The summed E-state index contributed by atoms with van der Waals surface area (Å²) in [6.07, 6.45) is 2.69. The number of hydrogen-bond donors (Lipinski definition) is 1.